The molecule has 3 aromatic heterocycles. The fourth-order valence-electron chi connectivity index (χ4n) is 2.65. The van der Waals surface area contributed by atoms with Crippen LogP contribution in [0.25, 0.3) is 28.0 Å². The maximum atomic E-state index is 13.3. The number of nitrogen functional groups attached to an aromatic ring is 1. The zero-order valence-electron chi connectivity index (χ0n) is 13.1. The molecule has 2 N–H and O–H groups in total. The number of hydrogen-bond donors (Lipinski definition) is 1. The first kappa shape index (κ1) is 14.9. The van der Waals surface area contributed by atoms with Gasteiger partial charge in [0.05, 0.1) is 11.3 Å². The van der Waals surface area contributed by atoms with E-state index >= 15 is 0 Å². The van der Waals surface area contributed by atoms with Gasteiger partial charge in [-0.05, 0) is 40.8 Å². The molecule has 0 aliphatic carbocycles. The number of benzene rings is 1. The molecular formula is C16H12FN7O. The Labute approximate surface area is 140 Å². The summed E-state index contributed by atoms with van der Waals surface area (Å²) in [5.41, 5.74) is 8.64. The van der Waals surface area contributed by atoms with Crippen LogP contribution in [0, 0.1) is 5.82 Å². The van der Waals surface area contributed by atoms with Crippen molar-refractivity contribution < 1.29 is 4.39 Å². The second kappa shape index (κ2) is 5.48. The number of rotatable bonds is 2. The van der Waals surface area contributed by atoms with Crippen LogP contribution in [-0.2, 0) is 7.05 Å². The smallest absolute Gasteiger partial charge is 0.250 e. The summed E-state index contributed by atoms with van der Waals surface area (Å²) in [7, 11) is 1.65. The topological polar surface area (TPSA) is 104 Å². The molecule has 0 radical (unpaired) electrons. The largest absolute Gasteiger partial charge is 0.368 e. The summed E-state index contributed by atoms with van der Waals surface area (Å²) < 4.78 is 16.0. The summed E-state index contributed by atoms with van der Waals surface area (Å²) in [6.45, 7) is 0. The lowest BCUT2D eigenvalue weighted by atomic mass is 10.0. The molecule has 0 bridgehead atoms. The Morgan fingerprint density at radius 3 is 2.52 bits per heavy atom. The Bertz CT molecular complexity index is 1150. The third-order valence-electron chi connectivity index (χ3n) is 3.87. The number of pyridine rings is 1. The molecule has 0 aliphatic heterocycles. The fraction of sp³-hybridized carbons (Fsp3) is 0.0625. The number of aromatic nitrogens is 6. The average molecular weight is 337 g/mol. The zero-order valence-corrected chi connectivity index (χ0v) is 13.1. The lowest BCUT2D eigenvalue weighted by Crippen LogP contribution is -2.14. The van der Waals surface area contributed by atoms with Gasteiger partial charge in [0.2, 0.25) is 11.5 Å². The monoisotopic (exact) mass is 337 g/mol. The standard InChI is InChI=1S/C16H12FN7O/c1-23-8-10(4-7-12(23)25)13-14(9-2-5-11(17)6-3-9)19-16(18)24-15(13)20-21-22-24/h2-8H,1H3,(H2,18,19). The molecule has 0 unspecified atom stereocenters. The van der Waals surface area contributed by atoms with E-state index in [1.165, 1.54) is 27.3 Å². The number of halogens is 1. The lowest BCUT2D eigenvalue weighted by molar-refractivity contribution is 0.628. The molecule has 0 fully saturated rings. The normalized spacial score (nSPS) is 11.1. The Balaban J connectivity index is 2.09. The van der Waals surface area contributed by atoms with Gasteiger partial charge in [-0.3, -0.25) is 4.79 Å². The van der Waals surface area contributed by atoms with E-state index < -0.39 is 0 Å². The zero-order chi connectivity index (χ0) is 17.6. The Hall–Kier alpha value is -3.62. The fourth-order valence-corrected chi connectivity index (χ4v) is 2.65. The number of nitrogens with zero attached hydrogens (tertiary/aromatic N) is 6. The number of hydrogen-bond acceptors (Lipinski definition) is 6. The third-order valence-corrected chi connectivity index (χ3v) is 3.87. The summed E-state index contributed by atoms with van der Waals surface area (Å²) in [6, 6.07) is 8.98. The van der Waals surface area contributed by atoms with Crippen molar-refractivity contribution in [3.05, 3.63) is 58.8 Å². The van der Waals surface area contributed by atoms with Crippen LogP contribution in [0.5, 0.6) is 0 Å². The first-order valence-electron chi connectivity index (χ1n) is 7.35. The summed E-state index contributed by atoms with van der Waals surface area (Å²) >= 11 is 0. The number of fused-ring (bicyclic) bond motifs is 1. The van der Waals surface area contributed by atoms with E-state index in [-0.39, 0.29) is 17.3 Å². The van der Waals surface area contributed by atoms with Crippen molar-refractivity contribution in [2.45, 2.75) is 0 Å². The minimum atomic E-state index is -0.356. The molecular weight excluding hydrogens is 325 g/mol. The van der Waals surface area contributed by atoms with Crippen LogP contribution >= 0.6 is 0 Å². The number of tetrazole rings is 1. The van der Waals surface area contributed by atoms with Crippen LogP contribution in [-0.4, -0.2) is 29.6 Å². The Morgan fingerprint density at radius 2 is 1.80 bits per heavy atom. The highest BCUT2D eigenvalue weighted by Crippen LogP contribution is 2.33. The van der Waals surface area contributed by atoms with Gasteiger partial charge in [-0.1, -0.05) is 0 Å². The van der Waals surface area contributed by atoms with Gasteiger partial charge < -0.3 is 10.3 Å². The van der Waals surface area contributed by atoms with Crippen molar-refractivity contribution in [2.24, 2.45) is 7.05 Å². The molecule has 1 aromatic carbocycles. The predicted molar refractivity (Wildman–Crippen MR) is 89.1 cm³/mol. The van der Waals surface area contributed by atoms with Gasteiger partial charge in [0.25, 0.3) is 0 Å². The average Bonchev–Trinajstić information content (AvgIpc) is 3.08. The quantitative estimate of drug-likeness (QED) is 0.591. The predicted octanol–water partition coefficient (Wildman–Crippen LogP) is 1.27. The van der Waals surface area contributed by atoms with Crippen LogP contribution in [0.4, 0.5) is 10.3 Å². The van der Waals surface area contributed by atoms with E-state index in [2.05, 4.69) is 20.5 Å². The maximum absolute atomic E-state index is 13.3. The first-order chi connectivity index (χ1) is 12.0. The molecule has 8 nitrogen and oxygen atoms in total. The highest BCUT2D eigenvalue weighted by molar-refractivity contribution is 5.90. The minimum absolute atomic E-state index is 0.105. The molecule has 0 aliphatic rings. The Kier molecular flexibility index (Phi) is 3.27. The molecule has 0 atom stereocenters. The first-order valence-corrected chi connectivity index (χ1v) is 7.35. The molecule has 3 heterocycles. The van der Waals surface area contributed by atoms with Gasteiger partial charge in [-0.25, -0.2) is 9.37 Å². The molecule has 0 saturated heterocycles. The van der Waals surface area contributed by atoms with Gasteiger partial charge in [0, 0.05) is 30.4 Å². The summed E-state index contributed by atoms with van der Waals surface area (Å²) in [5.74, 6) is -0.251. The molecule has 25 heavy (non-hydrogen) atoms. The van der Waals surface area contributed by atoms with Gasteiger partial charge >= 0.3 is 0 Å². The molecule has 9 heteroatoms. The van der Waals surface area contributed by atoms with E-state index in [9.17, 15) is 9.18 Å². The molecule has 0 amide bonds. The van der Waals surface area contributed by atoms with Crippen molar-refractivity contribution in [1.29, 1.82) is 0 Å². The number of nitrogens with two attached hydrogens (primary N) is 1. The maximum Gasteiger partial charge on any atom is 0.250 e. The van der Waals surface area contributed by atoms with Gasteiger partial charge in [-0.2, -0.15) is 4.52 Å². The van der Waals surface area contributed by atoms with Crippen molar-refractivity contribution in [2.75, 3.05) is 5.73 Å². The molecule has 4 rings (SSSR count). The van der Waals surface area contributed by atoms with Crippen molar-refractivity contribution in [3.8, 4) is 22.4 Å². The summed E-state index contributed by atoms with van der Waals surface area (Å²) in [6.07, 6.45) is 1.66. The van der Waals surface area contributed by atoms with Crippen LogP contribution in [0.15, 0.2) is 47.4 Å². The van der Waals surface area contributed by atoms with Gasteiger partial charge in [0.1, 0.15) is 5.82 Å². The molecule has 0 saturated carbocycles. The van der Waals surface area contributed by atoms with Crippen LogP contribution in [0.2, 0.25) is 0 Å². The van der Waals surface area contributed by atoms with Gasteiger partial charge in [0.15, 0.2) is 5.65 Å². The van der Waals surface area contributed by atoms with E-state index in [4.69, 9.17) is 5.73 Å². The molecule has 124 valence electrons. The van der Waals surface area contributed by atoms with E-state index in [0.717, 1.165) is 0 Å². The highest BCUT2D eigenvalue weighted by atomic mass is 19.1. The summed E-state index contributed by atoms with van der Waals surface area (Å²) in [4.78, 5) is 16.1. The van der Waals surface area contributed by atoms with E-state index in [1.807, 2.05) is 0 Å². The number of aryl methyl sites for hydroxylation is 1. The van der Waals surface area contributed by atoms with E-state index in [0.29, 0.717) is 28.0 Å². The van der Waals surface area contributed by atoms with Crippen LogP contribution in [0.3, 0.4) is 0 Å². The van der Waals surface area contributed by atoms with Gasteiger partial charge in [-0.15, -0.1) is 5.10 Å². The molecule has 4 aromatic rings. The SMILES string of the molecule is Cn1cc(-c2c(-c3ccc(F)cc3)nc(N)n3nnnc23)ccc1=O. The number of anilines is 1. The second-order valence-electron chi connectivity index (χ2n) is 5.48. The molecule has 0 spiro atoms. The van der Waals surface area contributed by atoms with E-state index in [1.54, 1.807) is 31.4 Å². The van der Waals surface area contributed by atoms with Crippen LogP contribution < -0.4 is 11.3 Å². The van der Waals surface area contributed by atoms with Crippen molar-refractivity contribution in [1.82, 2.24) is 29.6 Å². The Morgan fingerprint density at radius 1 is 1.08 bits per heavy atom. The lowest BCUT2D eigenvalue weighted by Gasteiger charge is -2.12. The highest BCUT2D eigenvalue weighted by Gasteiger charge is 2.19. The van der Waals surface area contributed by atoms with Crippen LogP contribution in [0.1, 0.15) is 0 Å². The van der Waals surface area contributed by atoms with Crippen molar-refractivity contribution >= 4 is 11.6 Å². The second-order valence-corrected chi connectivity index (χ2v) is 5.48. The van der Waals surface area contributed by atoms with Crippen molar-refractivity contribution in [3.63, 3.8) is 0 Å². The minimum Gasteiger partial charge on any atom is -0.368 e. The third kappa shape index (κ3) is 2.42. The summed E-state index contributed by atoms with van der Waals surface area (Å²) in [5, 5.41) is 11.5.